The maximum absolute atomic E-state index is 12.0. The summed E-state index contributed by atoms with van der Waals surface area (Å²) in [5.41, 5.74) is 2.68. The van der Waals surface area contributed by atoms with Crippen molar-refractivity contribution in [3.05, 3.63) is 48.0 Å². The number of imidazole rings is 1. The number of benzene rings is 1. The predicted octanol–water partition coefficient (Wildman–Crippen LogP) is 4.20. The number of aromatic nitrogens is 2. The van der Waals surface area contributed by atoms with Crippen LogP contribution >= 0.6 is 0 Å². The van der Waals surface area contributed by atoms with Crippen LogP contribution in [-0.2, 0) is 9.53 Å². The average Bonchev–Trinajstić information content (AvgIpc) is 3.34. The summed E-state index contributed by atoms with van der Waals surface area (Å²) in [6, 6.07) is 8.98. The molecule has 2 aromatic rings. The molecule has 2 saturated carbocycles. The first-order valence-electron chi connectivity index (χ1n) is 10.8. The Bertz CT molecular complexity index is 932. The molecule has 29 heavy (non-hydrogen) atoms. The van der Waals surface area contributed by atoms with E-state index >= 15 is 0 Å². The van der Waals surface area contributed by atoms with E-state index in [4.69, 9.17) is 4.74 Å². The van der Waals surface area contributed by atoms with Crippen LogP contribution < -0.4 is 5.32 Å². The van der Waals surface area contributed by atoms with Gasteiger partial charge in [0, 0.05) is 37.7 Å². The fraction of sp³-hybridized carbons (Fsp3) is 0.583. The fourth-order valence-corrected chi connectivity index (χ4v) is 6.80. The minimum absolute atomic E-state index is 0.0897. The highest BCUT2D eigenvalue weighted by Gasteiger charge is 2.68. The van der Waals surface area contributed by atoms with Crippen molar-refractivity contribution in [2.75, 3.05) is 6.61 Å². The lowest BCUT2D eigenvalue weighted by molar-refractivity contribution is -0.135. The van der Waals surface area contributed by atoms with Gasteiger partial charge in [0.1, 0.15) is 5.82 Å². The second-order valence-corrected chi connectivity index (χ2v) is 9.91. The Hall–Kier alpha value is -2.14. The molecule has 5 atom stereocenters. The monoisotopic (exact) mass is 393 g/mol. The summed E-state index contributed by atoms with van der Waals surface area (Å²) < 4.78 is 8.47. The van der Waals surface area contributed by atoms with Crippen molar-refractivity contribution in [1.29, 1.82) is 0 Å². The van der Waals surface area contributed by atoms with Gasteiger partial charge in [-0.3, -0.25) is 4.79 Å². The largest absolute Gasteiger partial charge is 0.373 e. The van der Waals surface area contributed by atoms with E-state index in [1.54, 1.807) is 6.92 Å². The van der Waals surface area contributed by atoms with Crippen molar-refractivity contribution in [2.45, 2.75) is 59.1 Å². The van der Waals surface area contributed by atoms with Crippen LogP contribution in [0.3, 0.4) is 0 Å². The van der Waals surface area contributed by atoms with Crippen LogP contribution in [0.25, 0.3) is 5.69 Å². The van der Waals surface area contributed by atoms with Gasteiger partial charge in [-0.2, -0.15) is 0 Å². The molecule has 1 aromatic carbocycles. The van der Waals surface area contributed by atoms with Crippen molar-refractivity contribution in [3.8, 4) is 5.69 Å². The van der Waals surface area contributed by atoms with E-state index in [9.17, 15) is 4.79 Å². The lowest BCUT2D eigenvalue weighted by Crippen LogP contribution is -2.58. The third kappa shape index (κ3) is 2.70. The molecule has 1 saturated heterocycles. The number of nitrogens with zero attached hydrogens (tertiary/aromatic N) is 2. The number of carbonyl (C=O) groups excluding carboxylic acids is 1. The Morgan fingerprint density at radius 2 is 2.03 bits per heavy atom. The van der Waals surface area contributed by atoms with Crippen LogP contribution in [0.5, 0.6) is 0 Å². The van der Waals surface area contributed by atoms with E-state index in [1.165, 1.54) is 18.4 Å². The van der Waals surface area contributed by atoms with E-state index < -0.39 is 0 Å². The molecule has 1 N–H and O–H groups in total. The molecule has 3 fully saturated rings. The molecule has 1 amide bonds. The zero-order chi connectivity index (χ0) is 20.4. The van der Waals surface area contributed by atoms with Gasteiger partial charge in [0.2, 0.25) is 5.91 Å². The molecule has 1 aromatic heterocycles. The summed E-state index contributed by atoms with van der Waals surface area (Å²) in [5.74, 6) is 2.18. The number of ether oxygens (including phenoxy) is 1. The number of hydrogen-bond acceptors (Lipinski definition) is 3. The van der Waals surface area contributed by atoms with Crippen LogP contribution in [0, 0.1) is 29.6 Å². The van der Waals surface area contributed by atoms with Crippen LogP contribution in [-0.4, -0.2) is 28.1 Å². The molecule has 154 valence electrons. The summed E-state index contributed by atoms with van der Waals surface area (Å²) in [5, 5.41) is 3.35. The van der Waals surface area contributed by atoms with Crippen LogP contribution in [0.1, 0.15) is 57.5 Å². The highest BCUT2D eigenvalue weighted by molar-refractivity contribution is 5.73. The van der Waals surface area contributed by atoms with Crippen LogP contribution in [0.15, 0.2) is 36.7 Å². The summed E-state index contributed by atoms with van der Waals surface area (Å²) in [6.07, 6.45) is 7.38. The maximum atomic E-state index is 12.0. The summed E-state index contributed by atoms with van der Waals surface area (Å²) >= 11 is 0. The van der Waals surface area contributed by atoms with Gasteiger partial charge >= 0.3 is 0 Å². The second kappa shape index (κ2) is 6.43. The van der Waals surface area contributed by atoms with Crippen molar-refractivity contribution < 1.29 is 9.53 Å². The zero-order valence-electron chi connectivity index (χ0n) is 17.8. The van der Waals surface area contributed by atoms with Crippen molar-refractivity contribution in [3.63, 3.8) is 0 Å². The molecule has 1 spiro atoms. The van der Waals surface area contributed by atoms with Crippen molar-refractivity contribution >= 4 is 5.91 Å². The SMILES string of the molecule is CC(=O)N[C@H]1C(C)(C)[C@@H]2C[C@@H]3[C@@H](c4ccc(-n5ccnc5C)cc4)OCCC31C2. The number of amides is 1. The van der Waals surface area contributed by atoms with Gasteiger partial charge in [-0.25, -0.2) is 4.98 Å². The highest BCUT2D eigenvalue weighted by Crippen LogP contribution is 2.70. The van der Waals surface area contributed by atoms with Gasteiger partial charge in [-0.05, 0) is 66.5 Å². The molecule has 5 heteroatoms. The molecule has 5 nitrogen and oxygen atoms in total. The van der Waals surface area contributed by atoms with Crippen molar-refractivity contribution in [2.24, 2.45) is 22.7 Å². The smallest absolute Gasteiger partial charge is 0.217 e. The van der Waals surface area contributed by atoms with Gasteiger partial charge in [-0.15, -0.1) is 0 Å². The van der Waals surface area contributed by atoms with E-state index in [0.717, 1.165) is 24.5 Å². The van der Waals surface area contributed by atoms with E-state index in [-0.39, 0.29) is 28.9 Å². The zero-order valence-corrected chi connectivity index (χ0v) is 17.8. The number of carbonyl (C=O) groups is 1. The molecule has 2 heterocycles. The number of nitrogens with one attached hydrogen (secondary N) is 1. The second-order valence-electron chi connectivity index (χ2n) is 9.91. The van der Waals surface area contributed by atoms with Gasteiger partial charge in [0.05, 0.1) is 6.10 Å². The number of fused-ring (bicyclic) bond motifs is 1. The average molecular weight is 394 g/mol. The van der Waals surface area contributed by atoms with Gasteiger partial charge in [-0.1, -0.05) is 26.0 Å². The molecule has 1 unspecified atom stereocenters. The molecule has 2 bridgehead atoms. The molecular formula is C24H31N3O2. The lowest BCUT2D eigenvalue weighted by Gasteiger charge is -2.53. The third-order valence-electron chi connectivity index (χ3n) is 8.18. The predicted molar refractivity (Wildman–Crippen MR) is 112 cm³/mol. The molecule has 0 radical (unpaired) electrons. The first kappa shape index (κ1) is 18.9. The summed E-state index contributed by atoms with van der Waals surface area (Å²) in [4.78, 5) is 16.3. The van der Waals surface area contributed by atoms with E-state index in [0.29, 0.717) is 11.8 Å². The Kier molecular flexibility index (Phi) is 4.18. The molecule has 3 aliphatic rings. The molecule has 2 aliphatic carbocycles. The molecule has 1 aliphatic heterocycles. The molecular weight excluding hydrogens is 362 g/mol. The lowest BCUT2D eigenvalue weighted by atomic mass is 9.59. The Balaban J connectivity index is 1.46. The number of aryl methyl sites for hydroxylation is 1. The third-order valence-corrected chi connectivity index (χ3v) is 8.18. The van der Waals surface area contributed by atoms with Gasteiger partial charge in [0.15, 0.2) is 0 Å². The molecule has 5 rings (SSSR count). The quantitative estimate of drug-likeness (QED) is 0.850. The normalized spacial score (nSPS) is 34.8. The minimum Gasteiger partial charge on any atom is -0.373 e. The first-order chi connectivity index (χ1) is 13.8. The Labute approximate surface area is 172 Å². The fourth-order valence-electron chi connectivity index (χ4n) is 6.80. The van der Waals surface area contributed by atoms with Gasteiger partial charge in [0.25, 0.3) is 0 Å². The Morgan fingerprint density at radius 1 is 1.28 bits per heavy atom. The topological polar surface area (TPSA) is 56.2 Å². The minimum atomic E-state index is 0.0897. The summed E-state index contributed by atoms with van der Waals surface area (Å²) in [6.45, 7) is 9.12. The highest BCUT2D eigenvalue weighted by atomic mass is 16.5. The maximum Gasteiger partial charge on any atom is 0.217 e. The van der Waals surface area contributed by atoms with Crippen LogP contribution in [0.4, 0.5) is 0 Å². The van der Waals surface area contributed by atoms with Crippen LogP contribution in [0.2, 0.25) is 0 Å². The van der Waals surface area contributed by atoms with E-state index in [2.05, 4.69) is 53.0 Å². The first-order valence-corrected chi connectivity index (χ1v) is 10.8. The number of rotatable bonds is 3. The Morgan fingerprint density at radius 3 is 2.69 bits per heavy atom. The van der Waals surface area contributed by atoms with Gasteiger partial charge < -0.3 is 14.6 Å². The number of hydrogen-bond donors (Lipinski definition) is 1. The summed E-state index contributed by atoms with van der Waals surface area (Å²) in [7, 11) is 0. The van der Waals surface area contributed by atoms with Crippen molar-refractivity contribution in [1.82, 2.24) is 14.9 Å². The van der Waals surface area contributed by atoms with E-state index in [1.807, 2.05) is 19.3 Å². The standard InChI is InChI=1S/C24H31N3O2/c1-15-25-10-11-27(15)19-7-5-17(6-8-19)21-20-13-18-14-24(20,9-12-29-21)22(23(18,3)4)26-16(2)28/h5-8,10-11,18,20-22H,9,12-14H2,1-4H3,(H,26,28)/t18-,20-,21-,22+,24?/m1/s1.